The highest BCUT2D eigenvalue weighted by molar-refractivity contribution is 5.72. The Balaban J connectivity index is 1.77. The number of carbonyl (C=O) groups is 1. The Kier molecular flexibility index (Phi) is 3.17. The fraction of sp³-hybridized carbons (Fsp3) is 0.333. The van der Waals surface area contributed by atoms with Gasteiger partial charge in [-0.25, -0.2) is 4.39 Å². The van der Waals surface area contributed by atoms with E-state index in [0.717, 1.165) is 29.5 Å². The topological polar surface area (TPSA) is 33.2 Å². The average Bonchev–Trinajstić information content (AvgIpc) is 3.38. The van der Waals surface area contributed by atoms with E-state index in [2.05, 4.69) is 16.0 Å². The van der Waals surface area contributed by atoms with Crippen LogP contribution in [0.3, 0.4) is 0 Å². The van der Waals surface area contributed by atoms with Gasteiger partial charge in [0.1, 0.15) is 18.1 Å². The minimum Gasteiger partial charge on any atom is -0.356 e. The van der Waals surface area contributed by atoms with E-state index in [-0.39, 0.29) is 11.9 Å². The molecule has 0 amide bonds. The number of fused-ring (bicyclic) bond motifs is 1. The summed E-state index contributed by atoms with van der Waals surface area (Å²) in [5.41, 5.74) is 4.18. The number of halogens is 1. The Morgan fingerprint density at radius 2 is 2.09 bits per heavy atom. The molecule has 3 nitrogen and oxygen atoms in total. The molecule has 22 heavy (non-hydrogen) atoms. The quantitative estimate of drug-likeness (QED) is 0.814. The second kappa shape index (κ2) is 5.20. The molecule has 2 heterocycles. The Morgan fingerprint density at radius 1 is 1.23 bits per heavy atom. The van der Waals surface area contributed by atoms with Crippen LogP contribution in [0.25, 0.3) is 0 Å². The van der Waals surface area contributed by atoms with Crippen molar-refractivity contribution in [3.05, 3.63) is 59.2 Å². The van der Waals surface area contributed by atoms with Gasteiger partial charge in [-0.3, -0.25) is 4.98 Å². The van der Waals surface area contributed by atoms with E-state index in [1.807, 2.05) is 12.4 Å². The van der Waals surface area contributed by atoms with Crippen LogP contribution in [0, 0.1) is 5.82 Å². The number of nitrogens with zero attached hydrogens (tertiary/aromatic N) is 2. The van der Waals surface area contributed by atoms with Crippen LogP contribution in [0.2, 0.25) is 0 Å². The van der Waals surface area contributed by atoms with Gasteiger partial charge in [0.25, 0.3) is 0 Å². The monoisotopic (exact) mass is 296 g/mol. The fourth-order valence-corrected chi connectivity index (χ4v) is 3.42. The van der Waals surface area contributed by atoms with Crippen molar-refractivity contribution < 1.29 is 9.18 Å². The maximum absolute atomic E-state index is 13.4. The number of benzene rings is 1. The molecule has 0 saturated heterocycles. The van der Waals surface area contributed by atoms with Gasteiger partial charge in [0, 0.05) is 12.7 Å². The third-order valence-corrected chi connectivity index (χ3v) is 4.67. The van der Waals surface area contributed by atoms with Gasteiger partial charge in [0.2, 0.25) is 0 Å². The Bertz CT molecular complexity index is 727. The number of hydrogen-bond acceptors (Lipinski definition) is 3. The molecule has 0 radical (unpaired) electrons. The predicted octanol–water partition coefficient (Wildman–Crippen LogP) is 3.40. The maximum Gasteiger partial charge on any atom is 0.146 e. The third-order valence-electron chi connectivity index (χ3n) is 4.67. The van der Waals surface area contributed by atoms with Crippen molar-refractivity contribution in [2.24, 2.45) is 0 Å². The molecule has 1 unspecified atom stereocenters. The van der Waals surface area contributed by atoms with E-state index in [4.69, 9.17) is 0 Å². The maximum atomic E-state index is 13.4. The fourth-order valence-electron chi connectivity index (χ4n) is 3.42. The van der Waals surface area contributed by atoms with Gasteiger partial charge < -0.3 is 9.69 Å². The van der Waals surface area contributed by atoms with E-state index in [0.29, 0.717) is 12.5 Å². The van der Waals surface area contributed by atoms with E-state index in [1.54, 1.807) is 12.1 Å². The molecule has 4 heteroatoms. The van der Waals surface area contributed by atoms with E-state index < -0.39 is 0 Å². The van der Waals surface area contributed by atoms with Gasteiger partial charge in [-0.2, -0.15) is 0 Å². The minimum atomic E-state index is -0.356. The summed E-state index contributed by atoms with van der Waals surface area (Å²) in [6.45, 7) is 0.714. The molecule has 1 aliphatic heterocycles. The van der Waals surface area contributed by atoms with Gasteiger partial charge >= 0.3 is 0 Å². The third kappa shape index (κ3) is 2.19. The lowest BCUT2D eigenvalue weighted by Crippen LogP contribution is -2.37. The molecule has 1 saturated carbocycles. The highest BCUT2D eigenvalue weighted by Crippen LogP contribution is 2.45. The summed E-state index contributed by atoms with van der Waals surface area (Å²) in [4.78, 5) is 18.1. The molecular formula is C18H17FN2O. The summed E-state index contributed by atoms with van der Waals surface area (Å²) in [6, 6.07) is 6.43. The number of aromatic nitrogens is 1. The first kappa shape index (κ1) is 13.4. The standard InChI is InChI=1S/C18H17FN2O/c19-14-3-4-15-13(9-14)6-8-21(18(15)11-22)17-10-20-7-5-16(17)12-1-2-12/h3-5,7,9-12,18H,1-2,6,8H2. The molecule has 0 spiro atoms. The molecule has 4 rings (SSSR count). The second-order valence-corrected chi connectivity index (χ2v) is 6.08. The Morgan fingerprint density at radius 3 is 2.86 bits per heavy atom. The highest BCUT2D eigenvalue weighted by Gasteiger charge is 2.33. The molecule has 2 aliphatic rings. The van der Waals surface area contributed by atoms with Crippen LogP contribution < -0.4 is 4.90 Å². The zero-order valence-corrected chi connectivity index (χ0v) is 12.2. The molecular weight excluding hydrogens is 279 g/mol. The van der Waals surface area contributed by atoms with Crippen molar-refractivity contribution in [2.75, 3.05) is 11.4 Å². The highest BCUT2D eigenvalue weighted by atomic mass is 19.1. The second-order valence-electron chi connectivity index (χ2n) is 6.08. The zero-order chi connectivity index (χ0) is 15.1. The summed E-state index contributed by atoms with van der Waals surface area (Å²) >= 11 is 0. The molecule has 2 aromatic rings. The summed E-state index contributed by atoms with van der Waals surface area (Å²) in [5.74, 6) is 0.358. The summed E-state index contributed by atoms with van der Waals surface area (Å²) in [6.07, 6.45) is 7.80. The number of hydrogen-bond donors (Lipinski definition) is 0. The van der Waals surface area contributed by atoms with Crippen LogP contribution in [-0.4, -0.2) is 17.8 Å². The van der Waals surface area contributed by atoms with Crippen molar-refractivity contribution in [3.8, 4) is 0 Å². The number of pyridine rings is 1. The first-order valence-corrected chi connectivity index (χ1v) is 7.72. The van der Waals surface area contributed by atoms with Gasteiger partial charge in [-0.15, -0.1) is 0 Å². The number of carbonyl (C=O) groups excluding carboxylic acids is 1. The summed E-state index contributed by atoms with van der Waals surface area (Å²) in [7, 11) is 0. The van der Waals surface area contributed by atoms with E-state index >= 15 is 0 Å². The minimum absolute atomic E-state index is 0.239. The van der Waals surface area contributed by atoms with Gasteiger partial charge in [-0.05, 0) is 60.1 Å². The van der Waals surface area contributed by atoms with Crippen LogP contribution in [0.4, 0.5) is 10.1 Å². The summed E-state index contributed by atoms with van der Waals surface area (Å²) in [5, 5.41) is 0. The zero-order valence-electron chi connectivity index (χ0n) is 12.2. The van der Waals surface area contributed by atoms with Crippen molar-refractivity contribution in [2.45, 2.75) is 31.2 Å². The first-order chi connectivity index (χ1) is 10.8. The van der Waals surface area contributed by atoms with Gasteiger partial charge in [0.05, 0.1) is 11.9 Å². The van der Waals surface area contributed by atoms with Crippen LogP contribution in [0.5, 0.6) is 0 Å². The number of rotatable bonds is 3. The first-order valence-electron chi connectivity index (χ1n) is 7.72. The molecule has 112 valence electrons. The molecule has 1 fully saturated rings. The molecule has 1 aliphatic carbocycles. The van der Waals surface area contributed by atoms with Crippen LogP contribution in [0.1, 0.15) is 41.5 Å². The number of aldehydes is 1. The molecule has 1 aromatic carbocycles. The molecule has 1 atom stereocenters. The van der Waals surface area contributed by atoms with Crippen LogP contribution in [-0.2, 0) is 11.2 Å². The lowest BCUT2D eigenvalue weighted by molar-refractivity contribution is -0.109. The molecule has 0 N–H and O–H groups in total. The average molecular weight is 296 g/mol. The van der Waals surface area contributed by atoms with Crippen LogP contribution >= 0.6 is 0 Å². The Labute approximate surface area is 128 Å². The lowest BCUT2D eigenvalue weighted by atomic mass is 9.92. The van der Waals surface area contributed by atoms with Crippen LogP contribution in [0.15, 0.2) is 36.7 Å². The SMILES string of the molecule is O=CC1c2ccc(F)cc2CCN1c1cnccc1C1CC1. The normalized spacial score (nSPS) is 20.6. The Hall–Kier alpha value is -2.23. The lowest BCUT2D eigenvalue weighted by Gasteiger charge is -2.37. The van der Waals surface area contributed by atoms with E-state index in [1.165, 1.54) is 24.5 Å². The van der Waals surface area contributed by atoms with Gasteiger partial charge in [0.15, 0.2) is 0 Å². The molecule has 0 bridgehead atoms. The summed E-state index contributed by atoms with van der Waals surface area (Å²) < 4.78 is 13.4. The smallest absolute Gasteiger partial charge is 0.146 e. The largest absolute Gasteiger partial charge is 0.356 e. The van der Waals surface area contributed by atoms with Crippen molar-refractivity contribution >= 4 is 12.0 Å². The molecule has 1 aromatic heterocycles. The van der Waals surface area contributed by atoms with Crippen molar-refractivity contribution in [3.63, 3.8) is 0 Å². The van der Waals surface area contributed by atoms with Crippen molar-refractivity contribution in [1.29, 1.82) is 0 Å². The number of anilines is 1. The van der Waals surface area contributed by atoms with Crippen molar-refractivity contribution in [1.82, 2.24) is 4.98 Å². The van der Waals surface area contributed by atoms with Gasteiger partial charge in [-0.1, -0.05) is 6.07 Å². The van der Waals surface area contributed by atoms with E-state index in [9.17, 15) is 9.18 Å². The predicted molar refractivity (Wildman–Crippen MR) is 82.5 cm³/mol.